The molecule has 2 amide bonds. The van der Waals surface area contributed by atoms with E-state index in [0.29, 0.717) is 6.54 Å². The monoisotopic (exact) mass is 350 g/mol. The van der Waals surface area contributed by atoms with Crippen LogP contribution in [0.2, 0.25) is 0 Å². The molecule has 0 aliphatic carbocycles. The Bertz CT molecular complexity index is 575. The highest BCUT2D eigenvalue weighted by Gasteiger charge is 2.19. The number of benzene rings is 1. The van der Waals surface area contributed by atoms with Crippen LogP contribution in [0.25, 0.3) is 0 Å². The first kappa shape index (κ1) is 20.9. The molecule has 1 aromatic rings. The van der Waals surface area contributed by atoms with E-state index < -0.39 is 6.04 Å². The third-order valence-electron chi connectivity index (χ3n) is 4.04. The summed E-state index contributed by atoms with van der Waals surface area (Å²) in [4.78, 5) is 25.8. The van der Waals surface area contributed by atoms with Crippen molar-refractivity contribution in [3.05, 3.63) is 29.8 Å². The normalized spacial score (nSPS) is 13.4. The Hall–Kier alpha value is -2.12. The molecule has 0 aliphatic rings. The molecule has 0 spiro atoms. The van der Waals surface area contributed by atoms with Crippen molar-refractivity contribution in [1.29, 1.82) is 0 Å². The predicted octanol–water partition coefficient (Wildman–Crippen LogP) is 0.514. The van der Waals surface area contributed by atoms with Gasteiger partial charge in [-0.25, -0.2) is 0 Å². The van der Waals surface area contributed by atoms with Crippen molar-refractivity contribution in [1.82, 2.24) is 15.5 Å². The first-order valence-electron chi connectivity index (χ1n) is 8.36. The highest BCUT2D eigenvalue weighted by atomic mass is 16.5. The Balaban J connectivity index is 2.57. The Morgan fingerprint density at radius 3 is 2.48 bits per heavy atom. The topological polar surface area (TPSA) is 96.7 Å². The van der Waals surface area contributed by atoms with E-state index in [-0.39, 0.29) is 30.3 Å². The van der Waals surface area contributed by atoms with Crippen LogP contribution < -0.4 is 21.1 Å². The van der Waals surface area contributed by atoms with E-state index in [4.69, 9.17) is 10.5 Å². The van der Waals surface area contributed by atoms with Crippen LogP contribution in [0, 0.1) is 5.92 Å². The van der Waals surface area contributed by atoms with E-state index in [1.807, 2.05) is 57.1 Å². The average molecular weight is 350 g/mol. The maximum absolute atomic E-state index is 12.0. The number of nitrogens with zero attached hydrogens (tertiary/aromatic N) is 1. The second kappa shape index (κ2) is 10.0. The molecular formula is C18H30N4O3. The molecule has 0 fully saturated rings. The molecule has 1 rings (SSSR count). The van der Waals surface area contributed by atoms with Crippen molar-refractivity contribution < 1.29 is 14.3 Å². The second-order valence-corrected chi connectivity index (χ2v) is 6.55. The van der Waals surface area contributed by atoms with Crippen LogP contribution in [0.4, 0.5) is 0 Å². The fraction of sp³-hybridized carbons (Fsp3) is 0.556. The van der Waals surface area contributed by atoms with Crippen molar-refractivity contribution in [3.8, 4) is 5.75 Å². The Morgan fingerprint density at radius 2 is 1.92 bits per heavy atom. The van der Waals surface area contributed by atoms with E-state index in [9.17, 15) is 9.59 Å². The minimum absolute atomic E-state index is 0.00678. The summed E-state index contributed by atoms with van der Waals surface area (Å²) in [5, 5.41) is 5.41. The van der Waals surface area contributed by atoms with E-state index in [1.54, 1.807) is 7.11 Å². The zero-order chi connectivity index (χ0) is 19.0. The summed E-state index contributed by atoms with van der Waals surface area (Å²) < 4.78 is 5.25. The quantitative estimate of drug-likeness (QED) is 0.603. The van der Waals surface area contributed by atoms with Crippen molar-refractivity contribution in [2.24, 2.45) is 11.7 Å². The number of ether oxygens (including phenoxy) is 1. The van der Waals surface area contributed by atoms with Crippen LogP contribution in [0.5, 0.6) is 5.75 Å². The van der Waals surface area contributed by atoms with Crippen molar-refractivity contribution in [2.75, 3.05) is 34.3 Å². The fourth-order valence-corrected chi connectivity index (χ4v) is 2.31. The number of nitrogens with two attached hydrogens (primary N) is 1. The van der Waals surface area contributed by atoms with Crippen LogP contribution in [0.1, 0.15) is 25.5 Å². The molecule has 0 saturated heterocycles. The Kier molecular flexibility index (Phi) is 8.37. The molecule has 1 aromatic carbocycles. The summed E-state index contributed by atoms with van der Waals surface area (Å²) in [6.45, 7) is 4.06. The maximum atomic E-state index is 12.0. The predicted molar refractivity (Wildman–Crippen MR) is 98.3 cm³/mol. The zero-order valence-electron chi connectivity index (χ0n) is 15.7. The van der Waals surface area contributed by atoms with Gasteiger partial charge < -0.3 is 26.0 Å². The molecule has 0 aliphatic heterocycles. The molecule has 4 N–H and O–H groups in total. The number of amides is 2. The molecule has 0 heterocycles. The number of rotatable bonds is 9. The van der Waals surface area contributed by atoms with E-state index in [2.05, 4.69) is 10.6 Å². The third-order valence-corrected chi connectivity index (χ3v) is 4.04. The molecule has 0 bridgehead atoms. The second-order valence-electron chi connectivity index (χ2n) is 6.55. The number of nitrogens with one attached hydrogen (secondary N) is 2. The van der Waals surface area contributed by atoms with Crippen LogP contribution in [-0.2, 0) is 9.59 Å². The lowest BCUT2D eigenvalue weighted by molar-refractivity contribution is -0.127. The van der Waals surface area contributed by atoms with Gasteiger partial charge in [-0.1, -0.05) is 26.0 Å². The molecule has 7 nitrogen and oxygen atoms in total. The summed E-state index contributed by atoms with van der Waals surface area (Å²) in [6, 6.07) is 7.11. The lowest BCUT2D eigenvalue weighted by Gasteiger charge is -2.25. The lowest BCUT2D eigenvalue weighted by atomic mass is 10.1. The largest absolute Gasteiger partial charge is 0.497 e. The molecule has 140 valence electrons. The average Bonchev–Trinajstić information content (AvgIpc) is 2.58. The van der Waals surface area contributed by atoms with Gasteiger partial charge in [0.15, 0.2) is 0 Å². The Labute approximate surface area is 149 Å². The number of carbonyl (C=O) groups excluding carboxylic acids is 2. The van der Waals surface area contributed by atoms with Gasteiger partial charge in [-0.15, -0.1) is 0 Å². The van der Waals surface area contributed by atoms with Gasteiger partial charge in [0, 0.05) is 6.54 Å². The van der Waals surface area contributed by atoms with Crippen LogP contribution >= 0.6 is 0 Å². The van der Waals surface area contributed by atoms with E-state index in [0.717, 1.165) is 11.3 Å². The molecule has 0 radical (unpaired) electrons. The smallest absolute Gasteiger partial charge is 0.239 e. The summed E-state index contributed by atoms with van der Waals surface area (Å²) >= 11 is 0. The van der Waals surface area contributed by atoms with Gasteiger partial charge in [0.1, 0.15) is 5.75 Å². The summed E-state index contributed by atoms with van der Waals surface area (Å²) in [5.41, 5.74) is 6.79. The number of hydrogen-bond donors (Lipinski definition) is 3. The SMILES string of the molecule is COc1cccc(C(CNC(=O)CNC(=O)[C@@H](N)C(C)C)N(C)C)c1. The van der Waals surface area contributed by atoms with E-state index in [1.165, 1.54) is 0 Å². The number of methoxy groups -OCH3 is 1. The first-order valence-corrected chi connectivity index (χ1v) is 8.36. The van der Waals surface area contributed by atoms with Crippen molar-refractivity contribution in [3.63, 3.8) is 0 Å². The maximum Gasteiger partial charge on any atom is 0.239 e. The Morgan fingerprint density at radius 1 is 1.24 bits per heavy atom. The van der Waals surface area contributed by atoms with Crippen LogP contribution in [0.3, 0.4) is 0 Å². The third kappa shape index (κ3) is 6.72. The summed E-state index contributed by atoms with van der Waals surface area (Å²) in [6.07, 6.45) is 0. The van der Waals surface area contributed by atoms with Crippen molar-refractivity contribution >= 4 is 11.8 Å². The number of hydrogen-bond acceptors (Lipinski definition) is 5. The van der Waals surface area contributed by atoms with Gasteiger partial charge in [0.25, 0.3) is 0 Å². The fourth-order valence-electron chi connectivity index (χ4n) is 2.31. The summed E-state index contributed by atoms with van der Waals surface area (Å²) in [5.74, 6) is 0.223. The molecule has 1 unspecified atom stereocenters. The molecule has 25 heavy (non-hydrogen) atoms. The minimum Gasteiger partial charge on any atom is -0.497 e. The highest BCUT2D eigenvalue weighted by molar-refractivity contribution is 5.87. The van der Waals surface area contributed by atoms with Gasteiger partial charge in [-0.3, -0.25) is 9.59 Å². The standard InChI is InChI=1S/C18H30N4O3/c1-12(2)17(19)18(24)21-11-16(23)20-10-15(22(3)4)13-7-6-8-14(9-13)25-5/h6-9,12,15,17H,10-11,19H2,1-5H3,(H,20,23)(H,21,24)/t15?,17-/m0/s1. The molecule has 7 heteroatoms. The van der Waals surface area contributed by atoms with Gasteiger partial charge in [0.05, 0.1) is 25.7 Å². The molecule has 0 saturated carbocycles. The number of likely N-dealkylation sites (N-methyl/N-ethyl adjacent to an activating group) is 1. The van der Waals surface area contributed by atoms with Gasteiger partial charge >= 0.3 is 0 Å². The van der Waals surface area contributed by atoms with Crippen LogP contribution in [-0.4, -0.2) is 57.1 Å². The first-order chi connectivity index (χ1) is 11.8. The van der Waals surface area contributed by atoms with Crippen molar-refractivity contribution in [2.45, 2.75) is 25.9 Å². The van der Waals surface area contributed by atoms with Gasteiger partial charge in [-0.05, 0) is 37.7 Å². The molecule has 0 aromatic heterocycles. The lowest BCUT2D eigenvalue weighted by Crippen LogP contribution is -2.47. The highest BCUT2D eigenvalue weighted by Crippen LogP contribution is 2.21. The van der Waals surface area contributed by atoms with E-state index >= 15 is 0 Å². The zero-order valence-corrected chi connectivity index (χ0v) is 15.7. The number of carbonyl (C=O) groups is 2. The molecular weight excluding hydrogens is 320 g/mol. The summed E-state index contributed by atoms with van der Waals surface area (Å²) in [7, 11) is 5.51. The van der Waals surface area contributed by atoms with Crippen LogP contribution in [0.15, 0.2) is 24.3 Å². The van der Waals surface area contributed by atoms with Gasteiger partial charge in [0.2, 0.25) is 11.8 Å². The minimum atomic E-state index is -0.612. The van der Waals surface area contributed by atoms with Gasteiger partial charge in [-0.2, -0.15) is 0 Å². The molecule has 2 atom stereocenters.